The monoisotopic (exact) mass is 326 g/mol. The van der Waals surface area contributed by atoms with Gasteiger partial charge in [-0.15, -0.1) is 0 Å². The van der Waals surface area contributed by atoms with Crippen LogP contribution in [0.1, 0.15) is 54.4 Å². The van der Waals surface area contributed by atoms with Crippen LogP contribution in [-0.4, -0.2) is 43.5 Å². The highest BCUT2D eigenvalue weighted by Crippen LogP contribution is 2.45. The van der Waals surface area contributed by atoms with Crippen molar-refractivity contribution in [1.29, 1.82) is 0 Å². The minimum absolute atomic E-state index is 0.221. The maximum atomic E-state index is 11.5. The lowest BCUT2D eigenvalue weighted by atomic mass is 9.61. The van der Waals surface area contributed by atoms with Gasteiger partial charge in [0.05, 0.1) is 6.10 Å². The van der Waals surface area contributed by atoms with Crippen molar-refractivity contribution in [2.24, 2.45) is 5.41 Å². The summed E-state index contributed by atoms with van der Waals surface area (Å²) < 4.78 is 11.0. The molecule has 1 amide bonds. The molecule has 1 saturated carbocycles. The van der Waals surface area contributed by atoms with Gasteiger partial charge < -0.3 is 20.1 Å². The fraction of sp³-hybridized carbons (Fsp3) is 0.833. The van der Waals surface area contributed by atoms with E-state index in [2.05, 4.69) is 31.4 Å². The highest BCUT2D eigenvalue weighted by molar-refractivity contribution is 5.67. The second kappa shape index (κ2) is 8.69. The van der Waals surface area contributed by atoms with Crippen molar-refractivity contribution in [3.05, 3.63) is 12.2 Å². The number of carbonyl (C=O) groups is 1. The second-order valence-electron chi connectivity index (χ2n) is 7.35. The van der Waals surface area contributed by atoms with E-state index in [0.29, 0.717) is 18.7 Å². The Hall–Kier alpha value is -1.07. The van der Waals surface area contributed by atoms with E-state index >= 15 is 0 Å². The predicted molar refractivity (Wildman–Crippen MR) is 93.6 cm³/mol. The maximum absolute atomic E-state index is 11.5. The Morgan fingerprint density at radius 2 is 1.91 bits per heavy atom. The Kier molecular flexibility index (Phi) is 7.55. The molecule has 0 heterocycles. The summed E-state index contributed by atoms with van der Waals surface area (Å²) in [6.07, 6.45) is 6.15. The van der Waals surface area contributed by atoms with Crippen LogP contribution >= 0.6 is 0 Å². The fourth-order valence-corrected chi connectivity index (χ4v) is 2.90. The fourth-order valence-electron chi connectivity index (χ4n) is 2.90. The Morgan fingerprint density at radius 3 is 2.48 bits per heavy atom. The molecule has 0 aromatic rings. The average Bonchev–Trinajstić information content (AvgIpc) is 2.45. The number of nitrogens with one attached hydrogen (secondary N) is 2. The molecule has 2 N–H and O–H groups in total. The topological polar surface area (TPSA) is 59.6 Å². The lowest BCUT2D eigenvalue weighted by Crippen LogP contribution is -2.62. The quantitative estimate of drug-likeness (QED) is 0.672. The van der Waals surface area contributed by atoms with Crippen molar-refractivity contribution < 1.29 is 14.3 Å². The van der Waals surface area contributed by atoms with Crippen LogP contribution in [0.2, 0.25) is 0 Å². The van der Waals surface area contributed by atoms with Crippen molar-refractivity contribution in [3.63, 3.8) is 0 Å². The molecule has 1 fully saturated rings. The molecular formula is C18H34N2O3. The number of amides is 1. The van der Waals surface area contributed by atoms with Crippen LogP contribution in [0.15, 0.2) is 12.2 Å². The first-order valence-corrected chi connectivity index (χ1v) is 8.69. The standard InChI is InChI=1S/C18H34N2O3/c1-7-18(6)14(13-15(18)22-8-2)19-11-9-10-12-20-16(21)23-17(3,4)5/h9-10,14-15,19H,7-8,11-13H2,1-6H3,(H,20,21)/b10-9+. The lowest BCUT2D eigenvalue weighted by molar-refractivity contribution is -0.124. The first-order chi connectivity index (χ1) is 10.7. The molecule has 0 aliphatic heterocycles. The molecule has 3 atom stereocenters. The van der Waals surface area contributed by atoms with Gasteiger partial charge in [0.2, 0.25) is 0 Å². The van der Waals surface area contributed by atoms with Crippen molar-refractivity contribution in [2.45, 2.75) is 72.1 Å². The molecule has 5 heteroatoms. The molecular weight excluding hydrogens is 292 g/mol. The van der Waals surface area contributed by atoms with E-state index in [0.717, 1.165) is 26.0 Å². The maximum Gasteiger partial charge on any atom is 0.407 e. The Bertz CT molecular complexity index is 404. The van der Waals surface area contributed by atoms with Gasteiger partial charge in [-0.05, 0) is 40.5 Å². The van der Waals surface area contributed by atoms with Crippen molar-refractivity contribution >= 4 is 6.09 Å². The largest absolute Gasteiger partial charge is 0.444 e. The summed E-state index contributed by atoms with van der Waals surface area (Å²) in [7, 11) is 0. The van der Waals surface area contributed by atoms with E-state index in [1.54, 1.807) is 0 Å². The molecule has 5 nitrogen and oxygen atoms in total. The van der Waals surface area contributed by atoms with E-state index in [9.17, 15) is 4.79 Å². The SMILES string of the molecule is CCOC1CC(NC/C=C/CNC(=O)OC(C)(C)C)C1(C)CC. The van der Waals surface area contributed by atoms with Gasteiger partial charge in [-0.1, -0.05) is 26.0 Å². The van der Waals surface area contributed by atoms with Gasteiger partial charge >= 0.3 is 6.09 Å². The number of alkyl carbamates (subject to hydrolysis) is 1. The normalized spacial score (nSPS) is 27.7. The summed E-state index contributed by atoms with van der Waals surface area (Å²) in [4.78, 5) is 11.5. The van der Waals surface area contributed by atoms with Crippen LogP contribution in [0.5, 0.6) is 0 Å². The van der Waals surface area contributed by atoms with E-state index < -0.39 is 5.60 Å². The molecule has 1 rings (SSSR count). The van der Waals surface area contributed by atoms with Gasteiger partial charge in [-0.2, -0.15) is 0 Å². The van der Waals surface area contributed by atoms with E-state index in [4.69, 9.17) is 9.47 Å². The third-order valence-corrected chi connectivity index (χ3v) is 4.52. The molecule has 0 aromatic heterocycles. The Morgan fingerprint density at radius 1 is 1.26 bits per heavy atom. The van der Waals surface area contributed by atoms with Gasteiger partial charge in [0.25, 0.3) is 0 Å². The average molecular weight is 326 g/mol. The van der Waals surface area contributed by atoms with Crippen molar-refractivity contribution in [3.8, 4) is 0 Å². The van der Waals surface area contributed by atoms with Crippen molar-refractivity contribution in [2.75, 3.05) is 19.7 Å². The van der Waals surface area contributed by atoms with E-state index in [1.807, 2.05) is 32.9 Å². The highest BCUT2D eigenvalue weighted by atomic mass is 16.6. The zero-order valence-corrected chi connectivity index (χ0v) is 15.6. The molecule has 0 aromatic carbocycles. The number of hydrogen-bond acceptors (Lipinski definition) is 4. The minimum atomic E-state index is -0.457. The van der Waals surface area contributed by atoms with Gasteiger partial charge in [0.1, 0.15) is 5.60 Å². The van der Waals surface area contributed by atoms with Gasteiger partial charge in [-0.25, -0.2) is 4.79 Å². The van der Waals surface area contributed by atoms with Crippen LogP contribution in [-0.2, 0) is 9.47 Å². The number of rotatable bonds is 8. The summed E-state index contributed by atoms with van der Waals surface area (Å²) in [6.45, 7) is 14.2. The summed E-state index contributed by atoms with van der Waals surface area (Å²) in [5.74, 6) is 0. The predicted octanol–water partition coefficient (Wildman–Crippen LogP) is 3.25. The third-order valence-electron chi connectivity index (χ3n) is 4.52. The summed E-state index contributed by atoms with van der Waals surface area (Å²) in [5, 5.41) is 6.28. The second-order valence-corrected chi connectivity index (χ2v) is 7.35. The lowest BCUT2D eigenvalue weighted by Gasteiger charge is -2.53. The zero-order chi connectivity index (χ0) is 17.5. The molecule has 134 valence electrons. The molecule has 1 aliphatic carbocycles. The molecule has 0 bridgehead atoms. The number of ether oxygens (including phenoxy) is 2. The first-order valence-electron chi connectivity index (χ1n) is 8.69. The Labute approximate surface area is 141 Å². The van der Waals surface area contributed by atoms with Gasteiger partial charge in [-0.3, -0.25) is 0 Å². The van der Waals surface area contributed by atoms with Crippen molar-refractivity contribution in [1.82, 2.24) is 10.6 Å². The van der Waals surface area contributed by atoms with Crippen LogP contribution in [0.3, 0.4) is 0 Å². The summed E-state index contributed by atoms with van der Waals surface area (Å²) in [6, 6.07) is 0.493. The Balaban J connectivity index is 2.21. The van der Waals surface area contributed by atoms with Crippen LogP contribution in [0.4, 0.5) is 4.79 Å². The summed E-state index contributed by atoms with van der Waals surface area (Å²) >= 11 is 0. The number of carbonyl (C=O) groups excluding carboxylic acids is 1. The van der Waals surface area contributed by atoms with Crippen LogP contribution < -0.4 is 10.6 Å². The van der Waals surface area contributed by atoms with E-state index in [1.165, 1.54) is 0 Å². The highest BCUT2D eigenvalue weighted by Gasteiger charge is 2.50. The van der Waals surface area contributed by atoms with Gasteiger partial charge in [0.15, 0.2) is 0 Å². The van der Waals surface area contributed by atoms with Gasteiger partial charge in [0, 0.05) is 31.2 Å². The molecule has 0 radical (unpaired) electrons. The third kappa shape index (κ3) is 6.15. The molecule has 23 heavy (non-hydrogen) atoms. The molecule has 0 spiro atoms. The summed E-state index contributed by atoms with van der Waals surface area (Å²) in [5.41, 5.74) is -0.236. The molecule has 3 unspecified atom stereocenters. The van der Waals surface area contributed by atoms with Crippen LogP contribution in [0.25, 0.3) is 0 Å². The smallest absolute Gasteiger partial charge is 0.407 e. The minimum Gasteiger partial charge on any atom is -0.444 e. The number of hydrogen-bond donors (Lipinski definition) is 2. The first kappa shape index (κ1) is 20.0. The molecule has 0 saturated heterocycles. The molecule has 1 aliphatic rings. The van der Waals surface area contributed by atoms with E-state index in [-0.39, 0.29) is 11.5 Å². The van der Waals surface area contributed by atoms with Crippen LogP contribution in [0, 0.1) is 5.41 Å². The zero-order valence-electron chi connectivity index (χ0n) is 15.6.